The number of thiocarbonyl (C=S) groups is 1. The van der Waals surface area contributed by atoms with Crippen LogP contribution in [0.1, 0.15) is 5.56 Å². The summed E-state index contributed by atoms with van der Waals surface area (Å²) in [7, 11) is 6.32. The SMILES string of the molecule is COc1ccc(NC(=S)N/N=C/c2cc(OC)c(OC)cc2OC)cc1. The van der Waals surface area contributed by atoms with E-state index in [1.807, 2.05) is 24.3 Å². The lowest BCUT2D eigenvalue weighted by molar-refractivity contribution is 0.349. The number of rotatable bonds is 7. The second-order valence-corrected chi connectivity index (χ2v) is 5.41. The fourth-order valence-electron chi connectivity index (χ4n) is 2.15. The van der Waals surface area contributed by atoms with E-state index in [1.165, 1.54) is 0 Å². The monoisotopic (exact) mass is 375 g/mol. The maximum atomic E-state index is 5.35. The van der Waals surface area contributed by atoms with Crippen LogP contribution in [-0.4, -0.2) is 39.8 Å². The molecule has 0 aromatic heterocycles. The molecule has 0 heterocycles. The summed E-state index contributed by atoms with van der Waals surface area (Å²) >= 11 is 5.22. The van der Waals surface area contributed by atoms with Crippen molar-refractivity contribution in [2.45, 2.75) is 0 Å². The van der Waals surface area contributed by atoms with Gasteiger partial charge in [-0.1, -0.05) is 0 Å². The molecule has 8 heteroatoms. The summed E-state index contributed by atoms with van der Waals surface area (Å²) in [5.74, 6) is 2.52. The Bertz CT molecular complexity index is 779. The molecule has 2 rings (SSSR count). The number of benzene rings is 2. The van der Waals surface area contributed by atoms with Gasteiger partial charge in [0, 0.05) is 17.3 Å². The lowest BCUT2D eigenvalue weighted by Crippen LogP contribution is -2.23. The van der Waals surface area contributed by atoms with Gasteiger partial charge < -0.3 is 24.3 Å². The zero-order valence-electron chi connectivity index (χ0n) is 15.0. The van der Waals surface area contributed by atoms with Crippen LogP contribution < -0.4 is 29.7 Å². The largest absolute Gasteiger partial charge is 0.497 e. The van der Waals surface area contributed by atoms with Gasteiger partial charge in [-0.15, -0.1) is 0 Å². The minimum atomic E-state index is 0.353. The normalized spacial score (nSPS) is 10.3. The zero-order valence-corrected chi connectivity index (χ0v) is 15.8. The molecule has 0 aliphatic heterocycles. The van der Waals surface area contributed by atoms with E-state index in [9.17, 15) is 0 Å². The highest BCUT2D eigenvalue weighted by atomic mass is 32.1. The van der Waals surface area contributed by atoms with Crippen LogP contribution in [0.5, 0.6) is 23.0 Å². The third-order valence-electron chi connectivity index (χ3n) is 3.45. The van der Waals surface area contributed by atoms with Gasteiger partial charge in [0.2, 0.25) is 0 Å². The molecule has 2 N–H and O–H groups in total. The van der Waals surface area contributed by atoms with Crippen LogP contribution in [0.15, 0.2) is 41.5 Å². The van der Waals surface area contributed by atoms with Crippen molar-refractivity contribution in [2.75, 3.05) is 33.8 Å². The Balaban J connectivity index is 2.03. The summed E-state index contributed by atoms with van der Waals surface area (Å²) < 4.78 is 21.0. The summed E-state index contributed by atoms with van der Waals surface area (Å²) in [5.41, 5.74) is 4.29. The van der Waals surface area contributed by atoms with Crippen LogP contribution in [0.2, 0.25) is 0 Å². The number of hydrogen-bond donors (Lipinski definition) is 2. The lowest BCUT2D eigenvalue weighted by Gasteiger charge is -2.12. The van der Waals surface area contributed by atoms with Crippen molar-refractivity contribution in [1.82, 2.24) is 5.43 Å². The minimum Gasteiger partial charge on any atom is -0.497 e. The van der Waals surface area contributed by atoms with E-state index in [0.717, 1.165) is 11.4 Å². The van der Waals surface area contributed by atoms with Crippen LogP contribution >= 0.6 is 12.2 Å². The van der Waals surface area contributed by atoms with Crippen molar-refractivity contribution in [2.24, 2.45) is 5.10 Å². The molecule has 2 aromatic rings. The van der Waals surface area contributed by atoms with Crippen molar-refractivity contribution in [3.8, 4) is 23.0 Å². The first kappa shape index (κ1) is 19.3. The maximum Gasteiger partial charge on any atom is 0.191 e. The van der Waals surface area contributed by atoms with E-state index in [4.69, 9.17) is 31.2 Å². The van der Waals surface area contributed by atoms with Crippen molar-refractivity contribution >= 4 is 29.2 Å². The van der Waals surface area contributed by atoms with Gasteiger partial charge in [0.15, 0.2) is 16.6 Å². The van der Waals surface area contributed by atoms with Crippen LogP contribution in [0.4, 0.5) is 5.69 Å². The Morgan fingerprint density at radius 1 is 0.885 bits per heavy atom. The van der Waals surface area contributed by atoms with E-state index >= 15 is 0 Å². The number of nitrogens with zero attached hydrogens (tertiary/aromatic N) is 1. The Hall–Kier alpha value is -3.00. The molecule has 138 valence electrons. The van der Waals surface area contributed by atoms with E-state index in [-0.39, 0.29) is 0 Å². The molecule has 0 atom stereocenters. The molecule has 0 unspecified atom stereocenters. The first-order valence-corrected chi connectivity index (χ1v) is 8.06. The molecule has 0 aliphatic rings. The number of anilines is 1. The summed E-state index contributed by atoms with van der Waals surface area (Å²) in [5, 5.41) is 7.51. The van der Waals surface area contributed by atoms with Crippen molar-refractivity contribution in [3.63, 3.8) is 0 Å². The Labute approximate surface area is 157 Å². The molecule has 0 amide bonds. The predicted molar refractivity (Wildman–Crippen MR) is 106 cm³/mol. The van der Waals surface area contributed by atoms with Crippen LogP contribution in [0.25, 0.3) is 0 Å². The van der Waals surface area contributed by atoms with E-state index in [2.05, 4.69) is 15.8 Å². The number of ether oxygens (including phenoxy) is 4. The van der Waals surface area contributed by atoms with Gasteiger partial charge in [-0.3, -0.25) is 5.43 Å². The number of methoxy groups -OCH3 is 4. The maximum absolute atomic E-state index is 5.35. The zero-order chi connectivity index (χ0) is 18.9. The van der Waals surface area contributed by atoms with E-state index in [1.54, 1.807) is 46.8 Å². The summed E-state index contributed by atoms with van der Waals surface area (Å²) in [6.07, 6.45) is 1.59. The van der Waals surface area contributed by atoms with Crippen molar-refractivity contribution in [1.29, 1.82) is 0 Å². The molecular formula is C18H21N3O4S. The third kappa shape index (κ3) is 5.00. The summed E-state index contributed by atoms with van der Waals surface area (Å²) in [4.78, 5) is 0. The van der Waals surface area contributed by atoms with E-state index < -0.39 is 0 Å². The molecule has 0 spiro atoms. The van der Waals surface area contributed by atoms with Crippen molar-refractivity contribution < 1.29 is 18.9 Å². The van der Waals surface area contributed by atoms with Gasteiger partial charge in [0.05, 0.1) is 34.7 Å². The smallest absolute Gasteiger partial charge is 0.191 e. The topological polar surface area (TPSA) is 73.3 Å². The molecule has 26 heavy (non-hydrogen) atoms. The summed E-state index contributed by atoms with van der Waals surface area (Å²) in [6, 6.07) is 10.9. The molecule has 0 bridgehead atoms. The molecule has 0 saturated carbocycles. The highest BCUT2D eigenvalue weighted by Gasteiger charge is 2.10. The van der Waals surface area contributed by atoms with E-state index in [0.29, 0.717) is 27.9 Å². The Morgan fingerprint density at radius 2 is 1.50 bits per heavy atom. The highest BCUT2D eigenvalue weighted by molar-refractivity contribution is 7.80. The fraction of sp³-hybridized carbons (Fsp3) is 0.222. The number of hydrogen-bond acceptors (Lipinski definition) is 6. The molecular weight excluding hydrogens is 354 g/mol. The molecule has 0 saturated heterocycles. The van der Waals surface area contributed by atoms with Crippen molar-refractivity contribution in [3.05, 3.63) is 42.0 Å². The van der Waals surface area contributed by atoms with Gasteiger partial charge in [-0.25, -0.2) is 0 Å². The molecule has 0 radical (unpaired) electrons. The molecule has 2 aromatic carbocycles. The fourth-order valence-corrected chi connectivity index (χ4v) is 2.32. The lowest BCUT2D eigenvalue weighted by atomic mass is 10.2. The number of hydrazone groups is 1. The standard InChI is InChI=1S/C18H21N3O4S/c1-22-14-7-5-13(6-8-14)20-18(26)21-19-11-12-9-16(24-3)17(25-4)10-15(12)23-2/h5-11H,1-4H3,(H2,20,21,26)/b19-11+. The predicted octanol–water partition coefficient (Wildman–Crippen LogP) is 3.04. The number of nitrogens with one attached hydrogen (secondary N) is 2. The van der Waals surface area contributed by atoms with Gasteiger partial charge in [-0.05, 0) is 42.5 Å². The van der Waals surface area contributed by atoms with Gasteiger partial charge in [-0.2, -0.15) is 5.10 Å². The first-order valence-electron chi connectivity index (χ1n) is 7.65. The first-order chi connectivity index (χ1) is 12.6. The third-order valence-corrected chi connectivity index (χ3v) is 3.65. The minimum absolute atomic E-state index is 0.353. The molecule has 0 aliphatic carbocycles. The molecule has 0 fully saturated rings. The average Bonchev–Trinajstić information content (AvgIpc) is 2.68. The second kappa shape index (κ2) is 9.47. The average molecular weight is 375 g/mol. The highest BCUT2D eigenvalue weighted by Crippen LogP contribution is 2.33. The Kier molecular flexibility index (Phi) is 7.04. The van der Waals surface area contributed by atoms with Crippen LogP contribution in [0.3, 0.4) is 0 Å². The molecule has 7 nitrogen and oxygen atoms in total. The van der Waals surface area contributed by atoms with Gasteiger partial charge in [0.25, 0.3) is 0 Å². The van der Waals surface area contributed by atoms with Gasteiger partial charge >= 0.3 is 0 Å². The van der Waals surface area contributed by atoms with Crippen LogP contribution in [0, 0.1) is 0 Å². The van der Waals surface area contributed by atoms with Gasteiger partial charge in [0.1, 0.15) is 11.5 Å². The Morgan fingerprint density at radius 3 is 2.08 bits per heavy atom. The summed E-state index contributed by atoms with van der Waals surface area (Å²) in [6.45, 7) is 0. The second-order valence-electron chi connectivity index (χ2n) is 5.00. The quantitative estimate of drug-likeness (QED) is 0.438. The van der Waals surface area contributed by atoms with Crippen LogP contribution in [-0.2, 0) is 0 Å².